The zero-order valence-corrected chi connectivity index (χ0v) is 18.1. The second kappa shape index (κ2) is 8.60. The van der Waals surface area contributed by atoms with E-state index >= 15 is 0 Å². The number of alkyl carbamates (subject to hydrolysis) is 1. The largest absolute Gasteiger partial charge is 0.444 e. The molecule has 7 nitrogen and oxygen atoms in total. The molecule has 1 aliphatic heterocycles. The zero-order chi connectivity index (χ0) is 20.2. The normalized spacial score (nSPS) is 16.1. The van der Waals surface area contributed by atoms with Gasteiger partial charge in [0.25, 0.3) is 0 Å². The summed E-state index contributed by atoms with van der Waals surface area (Å²) in [7, 11) is -3.70. The van der Waals surface area contributed by atoms with Gasteiger partial charge in [0.05, 0.1) is 4.90 Å². The van der Waals surface area contributed by atoms with E-state index in [1.807, 2.05) is 0 Å². The summed E-state index contributed by atoms with van der Waals surface area (Å²) in [6, 6.07) is 6.22. The van der Waals surface area contributed by atoms with Crippen LogP contribution in [0.15, 0.2) is 33.6 Å². The van der Waals surface area contributed by atoms with E-state index in [2.05, 4.69) is 21.2 Å². The van der Waals surface area contributed by atoms with Gasteiger partial charge in [-0.05, 0) is 51.8 Å². The number of carbonyl (C=O) groups excluding carboxylic acids is 2. The van der Waals surface area contributed by atoms with Crippen LogP contribution in [0.4, 0.5) is 4.79 Å². The highest BCUT2D eigenvalue weighted by Crippen LogP contribution is 2.19. The summed E-state index contributed by atoms with van der Waals surface area (Å²) < 4.78 is 30.7. The molecule has 0 saturated carbocycles. The number of sulfone groups is 1. The summed E-state index contributed by atoms with van der Waals surface area (Å²) in [4.78, 5) is 25.9. The molecule has 0 radical (unpaired) electrons. The van der Waals surface area contributed by atoms with E-state index < -0.39 is 33.2 Å². The number of nitrogens with zero attached hydrogens (tertiary/aromatic N) is 1. The fourth-order valence-corrected chi connectivity index (χ4v) is 4.56. The average molecular weight is 461 g/mol. The van der Waals surface area contributed by atoms with E-state index in [0.29, 0.717) is 30.4 Å². The third-order valence-corrected chi connectivity index (χ3v) is 6.13. The first kappa shape index (κ1) is 21.7. The van der Waals surface area contributed by atoms with Crippen LogP contribution in [0, 0.1) is 0 Å². The lowest BCUT2D eigenvalue weighted by atomic mass is 10.1. The molecule has 1 fully saturated rings. The summed E-state index contributed by atoms with van der Waals surface area (Å²) in [5.74, 6) is -0.987. The fraction of sp³-hybridized carbons (Fsp3) is 0.556. The summed E-state index contributed by atoms with van der Waals surface area (Å²) in [6.07, 6.45) is 0.633. The van der Waals surface area contributed by atoms with E-state index in [1.54, 1.807) is 32.9 Å². The Balaban J connectivity index is 1.87. The number of rotatable bonds is 4. The van der Waals surface area contributed by atoms with Crippen LogP contribution in [0.25, 0.3) is 0 Å². The van der Waals surface area contributed by atoms with Crippen molar-refractivity contribution in [2.24, 2.45) is 0 Å². The maximum absolute atomic E-state index is 12.4. The zero-order valence-electron chi connectivity index (χ0n) is 15.7. The molecule has 1 aromatic rings. The lowest BCUT2D eigenvalue weighted by molar-refractivity contribution is -0.129. The summed E-state index contributed by atoms with van der Waals surface area (Å²) in [6.45, 7) is 6.17. The van der Waals surface area contributed by atoms with Crippen molar-refractivity contribution >= 4 is 37.8 Å². The molecule has 0 bridgehead atoms. The Morgan fingerprint density at radius 1 is 1.26 bits per heavy atom. The highest BCUT2D eigenvalue weighted by atomic mass is 79.9. The van der Waals surface area contributed by atoms with Gasteiger partial charge >= 0.3 is 6.09 Å². The molecule has 2 rings (SSSR count). The number of nitrogens with one attached hydrogen (secondary N) is 1. The molecule has 1 aliphatic rings. The Hall–Kier alpha value is -1.61. The van der Waals surface area contributed by atoms with Gasteiger partial charge in [0.1, 0.15) is 11.4 Å². The van der Waals surface area contributed by atoms with Crippen LogP contribution in [0.1, 0.15) is 33.6 Å². The van der Waals surface area contributed by atoms with Crippen LogP contribution in [0.5, 0.6) is 0 Å². The number of carbonyl (C=O) groups is 2. The maximum atomic E-state index is 12.4. The number of likely N-dealkylation sites (tertiary alicyclic amines) is 1. The molecule has 0 aliphatic carbocycles. The molecule has 1 heterocycles. The van der Waals surface area contributed by atoms with E-state index in [1.165, 1.54) is 17.0 Å². The quantitative estimate of drug-likeness (QED) is 0.745. The molecular formula is C18H25BrN2O5S. The lowest BCUT2D eigenvalue weighted by Crippen LogP contribution is -2.48. The minimum absolute atomic E-state index is 0.0921. The third kappa shape index (κ3) is 6.80. The predicted molar refractivity (Wildman–Crippen MR) is 105 cm³/mol. The van der Waals surface area contributed by atoms with Crippen molar-refractivity contribution in [1.29, 1.82) is 0 Å². The Morgan fingerprint density at radius 3 is 2.44 bits per heavy atom. The monoisotopic (exact) mass is 460 g/mol. The third-order valence-electron chi connectivity index (χ3n) is 4.04. The van der Waals surface area contributed by atoms with Gasteiger partial charge in [0, 0.05) is 23.6 Å². The van der Waals surface area contributed by atoms with Crippen LogP contribution < -0.4 is 5.32 Å². The van der Waals surface area contributed by atoms with Crippen molar-refractivity contribution in [3.63, 3.8) is 0 Å². The molecule has 9 heteroatoms. The summed E-state index contributed by atoms with van der Waals surface area (Å²) in [5, 5.41) is 2.79. The van der Waals surface area contributed by atoms with Crippen molar-refractivity contribution in [2.75, 3.05) is 18.8 Å². The Labute approximate surface area is 168 Å². The van der Waals surface area contributed by atoms with Crippen LogP contribution in [-0.4, -0.2) is 55.8 Å². The molecule has 2 amide bonds. The van der Waals surface area contributed by atoms with Gasteiger partial charge in [0.2, 0.25) is 5.91 Å². The average Bonchev–Trinajstić information content (AvgIpc) is 2.53. The van der Waals surface area contributed by atoms with Crippen molar-refractivity contribution in [2.45, 2.75) is 50.2 Å². The van der Waals surface area contributed by atoms with Crippen molar-refractivity contribution in [3.05, 3.63) is 28.7 Å². The second-order valence-electron chi connectivity index (χ2n) is 7.52. The van der Waals surface area contributed by atoms with Gasteiger partial charge < -0.3 is 15.0 Å². The van der Waals surface area contributed by atoms with Crippen molar-refractivity contribution < 1.29 is 22.7 Å². The van der Waals surface area contributed by atoms with Gasteiger partial charge in [-0.3, -0.25) is 4.79 Å². The van der Waals surface area contributed by atoms with E-state index in [4.69, 9.17) is 4.74 Å². The number of piperidine rings is 1. The predicted octanol–water partition coefficient (Wildman–Crippen LogP) is 2.74. The number of halogens is 1. The highest BCUT2D eigenvalue weighted by molar-refractivity contribution is 9.10. The molecule has 0 atom stereocenters. The SMILES string of the molecule is CC(C)(C)OC(=O)NC1CCN(C(=O)CS(=O)(=O)c2cccc(Br)c2)CC1. The molecular weight excluding hydrogens is 436 g/mol. The first-order valence-electron chi connectivity index (χ1n) is 8.72. The Kier molecular flexibility index (Phi) is 6.91. The van der Waals surface area contributed by atoms with E-state index in [9.17, 15) is 18.0 Å². The molecule has 27 heavy (non-hydrogen) atoms. The molecule has 0 aromatic heterocycles. The minimum atomic E-state index is -3.70. The van der Waals surface area contributed by atoms with Crippen LogP contribution in [-0.2, 0) is 19.4 Å². The number of hydrogen-bond donors (Lipinski definition) is 1. The van der Waals surface area contributed by atoms with Gasteiger partial charge in [0.15, 0.2) is 9.84 Å². The van der Waals surface area contributed by atoms with Gasteiger partial charge in [-0.15, -0.1) is 0 Å². The topological polar surface area (TPSA) is 92.8 Å². The summed E-state index contributed by atoms with van der Waals surface area (Å²) in [5.41, 5.74) is -0.568. The standard InChI is InChI=1S/C18H25BrN2O5S/c1-18(2,3)26-17(23)20-14-7-9-21(10-8-14)16(22)12-27(24,25)15-6-4-5-13(19)11-15/h4-6,11,14H,7-10,12H2,1-3H3,(H,20,23). The maximum Gasteiger partial charge on any atom is 0.407 e. The van der Waals surface area contributed by atoms with Gasteiger partial charge in [-0.1, -0.05) is 22.0 Å². The van der Waals surface area contributed by atoms with Crippen molar-refractivity contribution in [3.8, 4) is 0 Å². The fourth-order valence-electron chi connectivity index (χ4n) is 2.75. The number of amides is 2. The smallest absolute Gasteiger partial charge is 0.407 e. The molecule has 0 unspecified atom stereocenters. The highest BCUT2D eigenvalue weighted by Gasteiger charge is 2.28. The summed E-state index contributed by atoms with van der Waals surface area (Å²) >= 11 is 3.24. The second-order valence-corrected chi connectivity index (χ2v) is 10.4. The molecule has 1 N–H and O–H groups in total. The lowest BCUT2D eigenvalue weighted by Gasteiger charge is -2.32. The first-order valence-corrected chi connectivity index (χ1v) is 11.2. The number of ether oxygens (including phenoxy) is 1. The minimum Gasteiger partial charge on any atom is -0.444 e. The van der Waals surface area contributed by atoms with Gasteiger partial charge in [-0.2, -0.15) is 0 Å². The van der Waals surface area contributed by atoms with Gasteiger partial charge in [-0.25, -0.2) is 13.2 Å². The van der Waals surface area contributed by atoms with Crippen LogP contribution in [0.3, 0.4) is 0 Å². The van der Waals surface area contributed by atoms with Crippen LogP contribution in [0.2, 0.25) is 0 Å². The molecule has 1 aromatic carbocycles. The molecule has 1 saturated heterocycles. The number of hydrogen-bond acceptors (Lipinski definition) is 5. The number of benzene rings is 1. The molecule has 150 valence electrons. The van der Waals surface area contributed by atoms with E-state index in [-0.39, 0.29) is 10.9 Å². The Morgan fingerprint density at radius 2 is 1.89 bits per heavy atom. The van der Waals surface area contributed by atoms with Crippen LogP contribution >= 0.6 is 15.9 Å². The Bertz CT molecular complexity index is 796. The first-order chi connectivity index (χ1) is 12.5. The molecule has 0 spiro atoms. The van der Waals surface area contributed by atoms with E-state index in [0.717, 1.165) is 0 Å². The van der Waals surface area contributed by atoms with Crippen molar-refractivity contribution in [1.82, 2.24) is 10.2 Å².